The Bertz CT molecular complexity index is 1460. The Labute approximate surface area is 199 Å². The Morgan fingerprint density at radius 1 is 1.21 bits per heavy atom. The average Bonchev–Trinajstić information content (AvgIpc) is 3.18. The highest BCUT2D eigenvalue weighted by Crippen LogP contribution is 2.35. The Hall–Kier alpha value is -3.36. The van der Waals surface area contributed by atoms with Gasteiger partial charge in [0.1, 0.15) is 5.82 Å². The minimum absolute atomic E-state index is 0.236. The fraction of sp³-hybridized carbons (Fsp3) is 0.208. The number of halogens is 1. The summed E-state index contributed by atoms with van der Waals surface area (Å²) in [5.41, 5.74) is 9.81. The topological polar surface area (TPSA) is 93.2 Å². The molecule has 3 N–H and O–H groups in total. The summed E-state index contributed by atoms with van der Waals surface area (Å²) in [6.45, 7) is 4.58. The van der Waals surface area contributed by atoms with E-state index in [0.29, 0.717) is 23.8 Å². The number of nitrogens with two attached hydrogens (primary N) is 1. The lowest BCUT2D eigenvalue weighted by Gasteiger charge is -2.35. The number of fused-ring (bicyclic) bond motifs is 2. The molecule has 5 rings (SSSR count). The molecular formula is C24H22ClN5O2S. The number of nitrogens with zero attached hydrogens (tertiary/aromatic N) is 3. The Morgan fingerprint density at radius 2 is 2.00 bits per heavy atom. The molecule has 2 aromatic carbocycles. The molecule has 0 fully saturated rings. The van der Waals surface area contributed by atoms with Gasteiger partial charge in [-0.2, -0.15) is 4.98 Å². The third kappa shape index (κ3) is 3.75. The van der Waals surface area contributed by atoms with E-state index >= 15 is 0 Å². The van der Waals surface area contributed by atoms with Crippen LogP contribution in [-0.2, 0) is 6.54 Å². The summed E-state index contributed by atoms with van der Waals surface area (Å²) in [4.78, 5) is 33.2. The van der Waals surface area contributed by atoms with Gasteiger partial charge in [-0.3, -0.25) is 4.57 Å². The van der Waals surface area contributed by atoms with Crippen LogP contribution in [0.25, 0.3) is 10.2 Å². The quantitative estimate of drug-likeness (QED) is 0.425. The molecule has 0 saturated heterocycles. The van der Waals surface area contributed by atoms with Crippen molar-refractivity contribution in [3.63, 3.8) is 0 Å². The van der Waals surface area contributed by atoms with Gasteiger partial charge >= 0.3 is 11.7 Å². The molecule has 3 heterocycles. The van der Waals surface area contributed by atoms with E-state index in [2.05, 4.69) is 10.3 Å². The molecule has 168 valence electrons. The number of nitrogen functional groups attached to an aromatic ring is 1. The fourth-order valence-corrected chi connectivity index (χ4v) is 5.45. The lowest BCUT2D eigenvalue weighted by Crippen LogP contribution is -2.44. The van der Waals surface area contributed by atoms with Crippen LogP contribution in [0.5, 0.6) is 0 Å². The maximum Gasteiger partial charge on any atom is 0.350 e. The predicted molar refractivity (Wildman–Crippen MR) is 133 cm³/mol. The van der Waals surface area contributed by atoms with Gasteiger partial charge in [-0.25, -0.2) is 9.59 Å². The smallest absolute Gasteiger partial charge is 0.350 e. The van der Waals surface area contributed by atoms with Crippen LogP contribution >= 0.6 is 22.9 Å². The van der Waals surface area contributed by atoms with Gasteiger partial charge in [-0.1, -0.05) is 41.9 Å². The van der Waals surface area contributed by atoms with Crippen molar-refractivity contribution in [3.8, 4) is 0 Å². The number of amides is 2. The highest BCUT2D eigenvalue weighted by Gasteiger charge is 2.31. The van der Waals surface area contributed by atoms with Crippen LogP contribution in [0.4, 0.5) is 16.3 Å². The zero-order valence-electron chi connectivity index (χ0n) is 18.1. The maximum absolute atomic E-state index is 13.3. The first-order valence-corrected chi connectivity index (χ1v) is 11.7. The first-order valence-electron chi connectivity index (χ1n) is 10.5. The van der Waals surface area contributed by atoms with Gasteiger partial charge in [0, 0.05) is 28.7 Å². The molecule has 7 nitrogen and oxygen atoms in total. The zero-order chi connectivity index (χ0) is 23.3. The number of aryl methyl sites for hydroxylation is 1. The van der Waals surface area contributed by atoms with E-state index < -0.39 is 11.7 Å². The summed E-state index contributed by atoms with van der Waals surface area (Å²) in [5, 5.41) is 3.56. The minimum Gasteiger partial charge on any atom is -0.382 e. The minimum atomic E-state index is -0.425. The first kappa shape index (κ1) is 21.5. The number of rotatable bonds is 2. The second-order valence-electron chi connectivity index (χ2n) is 8.16. The third-order valence-corrected chi connectivity index (χ3v) is 7.50. The van der Waals surface area contributed by atoms with Gasteiger partial charge in [0.05, 0.1) is 16.3 Å². The molecule has 1 aliphatic rings. The lowest BCUT2D eigenvalue weighted by atomic mass is 9.95. The highest BCUT2D eigenvalue weighted by molar-refractivity contribution is 7.19. The van der Waals surface area contributed by atoms with E-state index in [0.717, 1.165) is 31.8 Å². The summed E-state index contributed by atoms with van der Waals surface area (Å²) < 4.78 is 2.44. The molecule has 1 aliphatic heterocycles. The van der Waals surface area contributed by atoms with Crippen molar-refractivity contribution in [2.24, 2.45) is 0 Å². The van der Waals surface area contributed by atoms with Crippen molar-refractivity contribution in [1.82, 2.24) is 14.5 Å². The summed E-state index contributed by atoms with van der Waals surface area (Å²) in [7, 11) is 0. The average molecular weight is 480 g/mol. The molecule has 2 aromatic heterocycles. The normalized spacial score (nSPS) is 15.5. The molecule has 0 aliphatic carbocycles. The van der Waals surface area contributed by atoms with E-state index in [1.807, 2.05) is 50.2 Å². The molecule has 9 heteroatoms. The van der Waals surface area contributed by atoms with Crippen LogP contribution in [0.15, 0.2) is 53.3 Å². The van der Waals surface area contributed by atoms with Gasteiger partial charge in [0.15, 0.2) is 0 Å². The number of benzene rings is 2. The van der Waals surface area contributed by atoms with Crippen LogP contribution in [0.1, 0.15) is 27.6 Å². The van der Waals surface area contributed by atoms with Crippen molar-refractivity contribution in [2.75, 3.05) is 17.6 Å². The Kier molecular flexibility index (Phi) is 5.34. The van der Waals surface area contributed by atoms with E-state index in [1.165, 1.54) is 11.3 Å². The zero-order valence-corrected chi connectivity index (χ0v) is 19.7. The number of aromatic nitrogens is 2. The van der Waals surface area contributed by atoms with Crippen molar-refractivity contribution >= 4 is 50.7 Å². The van der Waals surface area contributed by atoms with E-state index in [-0.39, 0.29) is 11.8 Å². The predicted octanol–water partition coefficient (Wildman–Crippen LogP) is 4.95. The second-order valence-corrected chi connectivity index (χ2v) is 9.82. The van der Waals surface area contributed by atoms with Gasteiger partial charge in [-0.05, 0) is 48.7 Å². The number of carbonyl (C=O) groups is 1. The molecule has 1 atom stereocenters. The molecule has 1 unspecified atom stereocenters. The highest BCUT2D eigenvalue weighted by atomic mass is 35.5. The monoisotopic (exact) mass is 479 g/mol. The molecule has 33 heavy (non-hydrogen) atoms. The van der Waals surface area contributed by atoms with E-state index in [1.54, 1.807) is 21.6 Å². The number of urea groups is 1. The first-order chi connectivity index (χ1) is 15.8. The van der Waals surface area contributed by atoms with Crippen molar-refractivity contribution < 1.29 is 4.79 Å². The molecule has 2 amide bonds. The lowest BCUT2D eigenvalue weighted by molar-refractivity contribution is 0.196. The van der Waals surface area contributed by atoms with Crippen LogP contribution in [0, 0.1) is 13.8 Å². The molecule has 0 spiro atoms. The Morgan fingerprint density at radius 3 is 2.82 bits per heavy atom. The van der Waals surface area contributed by atoms with Crippen LogP contribution in [-0.4, -0.2) is 27.0 Å². The number of hydrogen-bond donors (Lipinski definition) is 2. The van der Waals surface area contributed by atoms with Crippen molar-refractivity contribution in [1.29, 1.82) is 0 Å². The molecule has 4 aromatic rings. The molecule has 0 saturated carbocycles. The maximum atomic E-state index is 13.3. The molecule has 0 radical (unpaired) electrons. The number of anilines is 2. The summed E-state index contributed by atoms with van der Waals surface area (Å²) in [6.07, 6.45) is 0. The third-order valence-electron chi connectivity index (χ3n) is 6.03. The van der Waals surface area contributed by atoms with Crippen molar-refractivity contribution in [2.45, 2.75) is 26.4 Å². The van der Waals surface area contributed by atoms with Gasteiger partial charge in [0.2, 0.25) is 0 Å². The number of nitrogens with one attached hydrogen (secondary N) is 1. The van der Waals surface area contributed by atoms with Crippen molar-refractivity contribution in [3.05, 3.63) is 85.6 Å². The fourth-order valence-electron chi connectivity index (χ4n) is 4.37. The molecular weight excluding hydrogens is 458 g/mol. The van der Waals surface area contributed by atoms with Gasteiger partial charge in [-0.15, -0.1) is 11.3 Å². The SMILES string of the molecule is Cc1cc2c(s1)c(N)nc(=O)n2C1CN(C(=O)Nc2cccc(Cl)c2C)Cc2ccccc21. The van der Waals surface area contributed by atoms with Gasteiger partial charge < -0.3 is 16.0 Å². The number of hydrogen-bond acceptors (Lipinski definition) is 5. The molecule has 0 bridgehead atoms. The number of thiophene rings is 1. The Balaban J connectivity index is 1.58. The largest absolute Gasteiger partial charge is 0.382 e. The van der Waals surface area contributed by atoms with Gasteiger partial charge in [0.25, 0.3) is 0 Å². The standard InChI is InChI=1S/C24H22ClN5O2S/c1-13-10-19-21(33-13)22(26)28-24(32)30(19)20-12-29(11-15-6-3-4-7-16(15)20)23(31)27-18-9-5-8-17(25)14(18)2/h3-10,20H,11-12H2,1-2H3,(H,27,31)(H2,26,28,32). The van der Waals surface area contributed by atoms with Crippen LogP contribution in [0.3, 0.4) is 0 Å². The summed E-state index contributed by atoms with van der Waals surface area (Å²) in [6, 6.07) is 14.6. The second kappa shape index (κ2) is 8.20. The summed E-state index contributed by atoms with van der Waals surface area (Å²) >= 11 is 7.73. The van der Waals surface area contributed by atoms with E-state index in [4.69, 9.17) is 17.3 Å². The van der Waals surface area contributed by atoms with Crippen LogP contribution < -0.4 is 16.7 Å². The van der Waals surface area contributed by atoms with E-state index in [9.17, 15) is 9.59 Å². The van der Waals surface area contributed by atoms with Crippen LogP contribution in [0.2, 0.25) is 5.02 Å². The summed E-state index contributed by atoms with van der Waals surface area (Å²) in [5.74, 6) is 0.236. The number of carbonyl (C=O) groups excluding carboxylic acids is 1.